The molecule has 28 heavy (non-hydrogen) atoms. The fraction of sp³-hybridized carbons (Fsp3) is 0.450. The molecule has 0 unspecified atom stereocenters. The van der Waals surface area contributed by atoms with E-state index in [4.69, 9.17) is 21.1 Å². The predicted octanol–water partition coefficient (Wildman–Crippen LogP) is 3.67. The third-order valence-electron chi connectivity index (χ3n) is 4.58. The first-order chi connectivity index (χ1) is 13.3. The number of nitrogens with zero attached hydrogens (tertiary/aromatic N) is 3. The van der Waals surface area contributed by atoms with E-state index < -0.39 is 11.4 Å². The number of aryl methyl sites for hydroxylation is 1. The molecule has 0 N–H and O–H groups in total. The summed E-state index contributed by atoms with van der Waals surface area (Å²) in [6, 6.07) is 6.85. The number of rotatable bonds is 6. The zero-order valence-corrected chi connectivity index (χ0v) is 16.9. The standard InChI is InChI=1S/C20H23ClFN3O3/c1-4-16-17(22)18(24-12-23-16)27-15-9-10-25(11-15)19(26)20(2,3)28-14-7-5-13(21)6-8-14/h5-8,12,15H,4,9-11H2,1-3H3/t15-/m0/s1. The van der Waals surface area contributed by atoms with E-state index in [9.17, 15) is 9.18 Å². The highest BCUT2D eigenvalue weighted by Crippen LogP contribution is 2.26. The van der Waals surface area contributed by atoms with Crippen molar-refractivity contribution in [3.63, 3.8) is 0 Å². The van der Waals surface area contributed by atoms with Crippen LogP contribution in [0.1, 0.15) is 32.9 Å². The summed E-state index contributed by atoms with van der Waals surface area (Å²) in [4.78, 5) is 22.4. The Bertz CT molecular complexity index is 845. The molecular formula is C20H23ClFN3O3. The van der Waals surface area contributed by atoms with Crippen LogP contribution in [0.2, 0.25) is 5.02 Å². The maximum atomic E-state index is 14.3. The molecule has 0 saturated carbocycles. The number of ether oxygens (including phenoxy) is 2. The van der Waals surface area contributed by atoms with E-state index >= 15 is 0 Å². The van der Waals surface area contributed by atoms with Gasteiger partial charge in [0.15, 0.2) is 5.60 Å². The summed E-state index contributed by atoms with van der Waals surface area (Å²) in [5.74, 6) is -0.208. The average molecular weight is 408 g/mol. The first-order valence-electron chi connectivity index (χ1n) is 9.20. The van der Waals surface area contributed by atoms with E-state index in [2.05, 4.69) is 9.97 Å². The molecule has 1 aliphatic rings. The average Bonchev–Trinajstić information content (AvgIpc) is 3.13. The van der Waals surface area contributed by atoms with E-state index in [1.807, 2.05) is 6.92 Å². The van der Waals surface area contributed by atoms with Crippen molar-refractivity contribution < 1.29 is 18.7 Å². The van der Waals surface area contributed by atoms with Gasteiger partial charge in [0.2, 0.25) is 5.82 Å². The van der Waals surface area contributed by atoms with Crippen molar-refractivity contribution in [3.05, 3.63) is 47.1 Å². The highest BCUT2D eigenvalue weighted by molar-refractivity contribution is 6.30. The van der Waals surface area contributed by atoms with Crippen LogP contribution in [0.25, 0.3) is 0 Å². The number of amides is 1. The van der Waals surface area contributed by atoms with Crippen LogP contribution >= 0.6 is 11.6 Å². The Labute approximate surface area is 168 Å². The molecule has 0 bridgehead atoms. The smallest absolute Gasteiger partial charge is 0.266 e. The number of hydrogen-bond acceptors (Lipinski definition) is 5. The van der Waals surface area contributed by atoms with Crippen molar-refractivity contribution in [2.24, 2.45) is 0 Å². The molecule has 1 aliphatic heterocycles. The molecule has 1 fully saturated rings. The van der Waals surface area contributed by atoms with E-state index in [0.717, 1.165) is 0 Å². The summed E-state index contributed by atoms with van der Waals surface area (Å²) >= 11 is 5.88. The minimum absolute atomic E-state index is 0.0668. The SMILES string of the molecule is CCc1ncnc(O[C@H]2CCN(C(=O)C(C)(C)Oc3ccc(Cl)cc3)C2)c1F. The fourth-order valence-corrected chi connectivity index (χ4v) is 3.23. The molecule has 6 nitrogen and oxygen atoms in total. The fourth-order valence-electron chi connectivity index (χ4n) is 3.10. The van der Waals surface area contributed by atoms with Gasteiger partial charge in [0, 0.05) is 18.0 Å². The molecule has 150 valence electrons. The molecular weight excluding hydrogens is 385 g/mol. The van der Waals surface area contributed by atoms with Gasteiger partial charge in [-0.05, 0) is 44.5 Å². The summed E-state index contributed by atoms with van der Waals surface area (Å²) in [6.07, 6.45) is 2.01. The molecule has 1 aromatic carbocycles. The second-order valence-electron chi connectivity index (χ2n) is 7.14. The van der Waals surface area contributed by atoms with Gasteiger partial charge in [-0.2, -0.15) is 9.37 Å². The van der Waals surface area contributed by atoms with Crippen LogP contribution in [-0.4, -0.2) is 45.6 Å². The summed E-state index contributed by atoms with van der Waals surface area (Å²) in [6.45, 7) is 6.10. The number of carbonyl (C=O) groups excluding carboxylic acids is 1. The van der Waals surface area contributed by atoms with Gasteiger partial charge in [0.1, 0.15) is 18.2 Å². The van der Waals surface area contributed by atoms with Gasteiger partial charge in [-0.3, -0.25) is 4.79 Å². The monoisotopic (exact) mass is 407 g/mol. The first kappa shape index (κ1) is 20.3. The predicted molar refractivity (Wildman–Crippen MR) is 103 cm³/mol. The summed E-state index contributed by atoms with van der Waals surface area (Å²) in [7, 11) is 0. The molecule has 1 amide bonds. The topological polar surface area (TPSA) is 64.6 Å². The van der Waals surface area contributed by atoms with Crippen molar-refractivity contribution >= 4 is 17.5 Å². The van der Waals surface area contributed by atoms with Gasteiger partial charge in [0.05, 0.1) is 12.2 Å². The maximum absolute atomic E-state index is 14.3. The second-order valence-corrected chi connectivity index (χ2v) is 7.58. The normalized spacial score (nSPS) is 16.9. The Hall–Kier alpha value is -2.41. The highest BCUT2D eigenvalue weighted by atomic mass is 35.5. The number of aromatic nitrogens is 2. The Morgan fingerprint density at radius 3 is 2.71 bits per heavy atom. The van der Waals surface area contributed by atoms with E-state index in [1.54, 1.807) is 43.0 Å². The Morgan fingerprint density at radius 1 is 1.32 bits per heavy atom. The summed E-state index contributed by atoms with van der Waals surface area (Å²) in [5, 5.41) is 0.596. The third-order valence-corrected chi connectivity index (χ3v) is 4.83. The van der Waals surface area contributed by atoms with Gasteiger partial charge < -0.3 is 14.4 Å². The van der Waals surface area contributed by atoms with E-state index in [0.29, 0.717) is 42.4 Å². The minimum atomic E-state index is -1.06. The zero-order chi connectivity index (χ0) is 20.3. The van der Waals surface area contributed by atoms with Gasteiger partial charge in [-0.25, -0.2) is 4.98 Å². The second kappa shape index (κ2) is 8.31. The lowest BCUT2D eigenvalue weighted by Crippen LogP contribution is -2.48. The van der Waals surface area contributed by atoms with E-state index in [-0.39, 0.29) is 17.9 Å². The lowest BCUT2D eigenvalue weighted by molar-refractivity contribution is -0.144. The molecule has 1 atom stereocenters. The van der Waals surface area contributed by atoms with Crippen molar-refractivity contribution in [2.45, 2.75) is 45.3 Å². The number of likely N-dealkylation sites (tertiary alicyclic amines) is 1. The van der Waals surface area contributed by atoms with Gasteiger partial charge >= 0.3 is 0 Å². The molecule has 1 aromatic heterocycles. The van der Waals surface area contributed by atoms with Crippen LogP contribution in [0.15, 0.2) is 30.6 Å². The van der Waals surface area contributed by atoms with Crippen molar-refractivity contribution in [1.82, 2.24) is 14.9 Å². The minimum Gasteiger partial charge on any atom is -0.478 e. The highest BCUT2D eigenvalue weighted by Gasteiger charge is 2.38. The Morgan fingerprint density at radius 2 is 2.04 bits per heavy atom. The van der Waals surface area contributed by atoms with Crippen molar-refractivity contribution in [3.8, 4) is 11.6 Å². The number of hydrogen-bond donors (Lipinski definition) is 0. The largest absolute Gasteiger partial charge is 0.478 e. The van der Waals surface area contributed by atoms with Gasteiger partial charge in [0.25, 0.3) is 11.8 Å². The maximum Gasteiger partial charge on any atom is 0.266 e. The summed E-state index contributed by atoms with van der Waals surface area (Å²) < 4.78 is 25.8. The first-order valence-corrected chi connectivity index (χ1v) is 9.58. The lowest BCUT2D eigenvalue weighted by Gasteiger charge is -2.30. The Kier molecular flexibility index (Phi) is 6.03. The van der Waals surface area contributed by atoms with Crippen LogP contribution in [0.3, 0.4) is 0 Å². The van der Waals surface area contributed by atoms with Gasteiger partial charge in [-0.1, -0.05) is 18.5 Å². The number of carbonyl (C=O) groups is 1. The third kappa shape index (κ3) is 4.52. The molecule has 2 aromatic rings. The number of halogens is 2. The van der Waals surface area contributed by atoms with Crippen molar-refractivity contribution in [1.29, 1.82) is 0 Å². The number of benzene rings is 1. The molecule has 1 saturated heterocycles. The van der Waals surface area contributed by atoms with E-state index in [1.165, 1.54) is 6.33 Å². The van der Waals surface area contributed by atoms with Crippen LogP contribution in [0, 0.1) is 5.82 Å². The summed E-state index contributed by atoms with van der Waals surface area (Å²) in [5.41, 5.74) is -0.744. The molecule has 2 heterocycles. The van der Waals surface area contributed by atoms with Gasteiger partial charge in [-0.15, -0.1) is 0 Å². The molecule has 8 heteroatoms. The van der Waals surface area contributed by atoms with Crippen LogP contribution < -0.4 is 9.47 Å². The Balaban J connectivity index is 1.62. The molecule has 0 spiro atoms. The molecule has 3 rings (SSSR count). The van der Waals surface area contributed by atoms with Crippen LogP contribution in [-0.2, 0) is 11.2 Å². The molecule has 0 aliphatic carbocycles. The van der Waals surface area contributed by atoms with Crippen LogP contribution in [0.5, 0.6) is 11.6 Å². The quantitative estimate of drug-likeness (QED) is 0.731. The zero-order valence-electron chi connectivity index (χ0n) is 16.1. The molecule has 0 radical (unpaired) electrons. The lowest BCUT2D eigenvalue weighted by atomic mass is 10.1. The van der Waals surface area contributed by atoms with Crippen molar-refractivity contribution in [2.75, 3.05) is 13.1 Å². The van der Waals surface area contributed by atoms with Crippen LogP contribution in [0.4, 0.5) is 4.39 Å².